The molecule has 3 aromatic rings. The predicted octanol–water partition coefficient (Wildman–Crippen LogP) is 2.95. The highest BCUT2D eigenvalue weighted by Crippen LogP contribution is 2.26. The summed E-state index contributed by atoms with van der Waals surface area (Å²) in [7, 11) is -2.03. The van der Waals surface area contributed by atoms with E-state index in [0.29, 0.717) is 11.5 Å². The molecule has 1 aliphatic heterocycles. The molecule has 0 amide bonds. The Morgan fingerprint density at radius 3 is 2.37 bits per heavy atom. The highest BCUT2D eigenvalue weighted by Gasteiger charge is 2.23. The average molecular weight is 426 g/mol. The summed E-state index contributed by atoms with van der Waals surface area (Å²) in [5, 5.41) is 2.39. The first-order valence-electron chi connectivity index (χ1n) is 10.2. The number of nitrogens with zero attached hydrogens (tertiary/aromatic N) is 2. The average Bonchev–Trinajstić information content (AvgIpc) is 2.79. The van der Waals surface area contributed by atoms with Crippen LogP contribution in [0.4, 0.5) is 5.69 Å². The van der Waals surface area contributed by atoms with Crippen LogP contribution in [-0.4, -0.2) is 59.7 Å². The van der Waals surface area contributed by atoms with Crippen molar-refractivity contribution in [3.05, 3.63) is 66.7 Å². The Bertz CT molecular complexity index is 1110. The first-order valence-corrected chi connectivity index (χ1v) is 11.7. The molecule has 0 unspecified atom stereocenters. The lowest BCUT2D eigenvalue weighted by molar-refractivity contribution is 0.200. The molecular weight excluding hydrogens is 398 g/mol. The van der Waals surface area contributed by atoms with Gasteiger partial charge in [-0.25, -0.2) is 13.1 Å². The maximum absolute atomic E-state index is 12.3. The van der Waals surface area contributed by atoms with E-state index in [9.17, 15) is 8.42 Å². The van der Waals surface area contributed by atoms with Crippen molar-refractivity contribution in [1.29, 1.82) is 0 Å². The number of hydrogen-bond acceptors (Lipinski definition) is 5. The minimum Gasteiger partial charge on any atom is -0.492 e. The zero-order valence-electron chi connectivity index (χ0n) is 17.1. The van der Waals surface area contributed by atoms with Gasteiger partial charge in [-0.2, -0.15) is 0 Å². The maximum Gasteiger partial charge on any atom is 0.242 e. The number of hydrogen-bond donors (Lipinski definition) is 1. The summed E-state index contributed by atoms with van der Waals surface area (Å²) in [6.45, 7) is 4.78. The third kappa shape index (κ3) is 4.59. The predicted molar refractivity (Wildman–Crippen MR) is 121 cm³/mol. The molecule has 3 aromatic carbocycles. The largest absolute Gasteiger partial charge is 0.492 e. The van der Waals surface area contributed by atoms with Crippen molar-refractivity contribution in [2.24, 2.45) is 0 Å². The van der Waals surface area contributed by atoms with Gasteiger partial charge in [-0.15, -0.1) is 0 Å². The van der Waals surface area contributed by atoms with Crippen LogP contribution in [0, 0.1) is 0 Å². The molecule has 30 heavy (non-hydrogen) atoms. The van der Waals surface area contributed by atoms with Crippen molar-refractivity contribution in [3.8, 4) is 5.75 Å². The number of para-hydroxylation sites is 1. The van der Waals surface area contributed by atoms with Crippen molar-refractivity contribution in [2.75, 3.05) is 51.3 Å². The fraction of sp³-hybridized carbons (Fsp3) is 0.304. The molecule has 1 fully saturated rings. The van der Waals surface area contributed by atoms with Gasteiger partial charge in [-0.1, -0.05) is 42.5 Å². The molecule has 7 heteroatoms. The van der Waals surface area contributed by atoms with Crippen molar-refractivity contribution < 1.29 is 13.2 Å². The third-order valence-electron chi connectivity index (χ3n) is 5.53. The Balaban J connectivity index is 1.31. The van der Waals surface area contributed by atoms with E-state index in [1.54, 1.807) is 12.1 Å². The lowest BCUT2D eigenvalue weighted by atomic mass is 10.1. The zero-order valence-corrected chi connectivity index (χ0v) is 17.9. The first kappa shape index (κ1) is 20.7. The summed E-state index contributed by atoms with van der Waals surface area (Å²) in [4.78, 5) is 4.83. The van der Waals surface area contributed by atoms with Crippen LogP contribution in [0.5, 0.6) is 5.75 Å². The maximum atomic E-state index is 12.3. The molecule has 0 radical (unpaired) electrons. The van der Waals surface area contributed by atoms with E-state index < -0.39 is 10.0 Å². The van der Waals surface area contributed by atoms with Crippen molar-refractivity contribution in [1.82, 2.24) is 9.62 Å². The second-order valence-electron chi connectivity index (χ2n) is 7.36. The summed E-state index contributed by atoms with van der Waals surface area (Å²) in [5.74, 6) is 0.888. The van der Waals surface area contributed by atoms with Crippen molar-refractivity contribution >= 4 is 26.5 Å². The number of benzene rings is 3. The van der Waals surface area contributed by atoms with Crippen LogP contribution in [0.3, 0.4) is 0 Å². The first-order chi connectivity index (χ1) is 14.6. The van der Waals surface area contributed by atoms with Gasteiger partial charge in [0.2, 0.25) is 10.0 Å². The van der Waals surface area contributed by atoms with Crippen molar-refractivity contribution in [2.45, 2.75) is 4.90 Å². The number of rotatable bonds is 7. The molecule has 1 aliphatic rings. The number of ether oxygens (including phenoxy) is 1. The molecule has 4 rings (SSSR count). The Morgan fingerprint density at radius 2 is 1.60 bits per heavy atom. The van der Waals surface area contributed by atoms with Gasteiger partial charge in [0.1, 0.15) is 17.3 Å². The molecular formula is C23H27N3O3S. The minimum atomic E-state index is -3.48. The normalized spacial score (nSPS) is 15.4. The fourth-order valence-corrected chi connectivity index (χ4v) is 4.77. The molecule has 0 saturated carbocycles. The second kappa shape index (κ2) is 9.04. The Hall–Kier alpha value is -2.61. The number of anilines is 1. The van der Waals surface area contributed by atoms with Gasteiger partial charge < -0.3 is 9.64 Å². The van der Waals surface area contributed by atoms with Gasteiger partial charge in [0.25, 0.3) is 0 Å². The molecule has 0 aromatic heterocycles. The highest BCUT2D eigenvalue weighted by molar-refractivity contribution is 7.89. The van der Waals surface area contributed by atoms with E-state index in [-0.39, 0.29) is 0 Å². The fourth-order valence-electron chi connectivity index (χ4n) is 3.82. The lowest BCUT2D eigenvalue weighted by Gasteiger charge is -2.36. The van der Waals surface area contributed by atoms with Crippen molar-refractivity contribution in [3.63, 3.8) is 0 Å². The van der Waals surface area contributed by atoms with Gasteiger partial charge >= 0.3 is 0 Å². The van der Waals surface area contributed by atoms with Crippen LogP contribution in [0.15, 0.2) is 71.6 Å². The van der Waals surface area contributed by atoms with E-state index in [2.05, 4.69) is 38.8 Å². The summed E-state index contributed by atoms with van der Waals surface area (Å²) in [5.41, 5.74) is 0.763. The van der Waals surface area contributed by atoms with Crippen LogP contribution < -0.4 is 14.4 Å². The minimum absolute atomic E-state index is 0.334. The molecule has 0 aliphatic carbocycles. The van der Waals surface area contributed by atoms with Crippen LogP contribution in [0.2, 0.25) is 0 Å². The number of sulfonamides is 1. The second-order valence-corrected chi connectivity index (χ2v) is 9.22. The summed E-state index contributed by atoms with van der Waals surface area (Å²) >= 11 is 0. The van der Waals surface area contributed by atoms with Crippen LogP contribution >= 0.6 is 0 Å². The number of nitrogens with one attached hydrogen (secondary N) is 1. The summed E-state index contributed by atoms with van der Waals surface area (Å²) < 4.78 is 33.0. The molecule has 1 heterocycles. The standard InChI is InChI=1S/C23H27N3O3S/c1-24-30(27,28)23-9-5-4-8-22(23)26-14-12-25(13-15-26)16-17-29-21-11-10-19-6-2-3-7-20(19)18-21/h2-11,18,24H,12-17H2,1H3. The van der Waals surface area contributed by atoms with E-state index in [4.69, 9.17) is 4.74 Å². The van der Waals surface area contributed by atoms with Crippen LogP contribution in [0.1, 0.15) is 0 Å². The van der Waals surface area contributed by atoms with E-state index in [0.717, 1.165) is 44.2 Å². The Labute approximate surface area is 178 Å². The molecule has 0 atom stereocenters. The van der Waals surface area contributed by atoms with Crippen LogP contribution in [-0.2, 0) is 10.0 Å². The molecule has 6 nitrogen and oxygen atoms in total. The van der Waals surface area contributed by atoms with Crippen LogP contribution in [0.25, 0.3) is 10.8 Å². The molecule has 1 N–H and O–H groups in total. The third-order valence-corrected chi connectivity index (χ3v) is 7.00. The number of fused-ring (bicyclic) bond motifs is 1. The lowest BCUT2D eigenvalue weighted by Crippen LogP contribution is -2.48. The monoisotopic (exact) mass is 425 g/mol. The number of piperazine rings is 1. The smallest absolute Gasteiger partial charge is 0.242 e. The van der Waals surface area contributed by atoms with Gasteiger partial charge in [0.05, 0.1) is 5.69 Å². The Morgan fingerprint density at radius 1 is 0.900 bits per heavy atom. The summed E-state index contributed by atoms with van der Waals surface area (Å²) in [6.07, 6.45) is 0. The van der Waals surface area contributed by atoms with E-state index in [1.165, 1.54) is 17.8 Å². The molecule has 0 bridgehead atoms. The molecule has 0 spiro atoms. The highest BCUT2D eigenvalue weighted by atomic mass is 32.2. The SMILES string of the molecule is CNS(=O)(=O)c1ccccc1N1CCN(CCOc2ccc3ccccc3c2)CC1. The van der Waals surface area contributed by atoms with Gasteiger partial charge in [-0.3, -0.25) is 4.90 Å². The quantitative estimate of drug-likeness (QED) is 0.631. The molecule has 158 valence electrons. The van der Waals surface area contributed by atoms with E-state index in [1.807, 2.05) is 30.3 Å². The van der Waals surface area contributed by atoms with Gasteiger partial charge in [0.15, 0.2) is 0 Å². The zero-order chi connectivity index (χ0) is 21.0. The molecule has 1 saturated heterocycles. The van der Waals surface area contributed by atoms with Gasteiger partial charge in [0, 0.05) is 32.7 Å². The summed E-state index contributed by atoms with van der Waals surface area (Å²) in [6, 6.07) is 21.6. The topological polar surface area (TPSA) is 61.9 Å². The Kier molecular flexibility index (Phi) is 6.22. The van der Waals surface area contributed by atoms with Gasteiger partial charge in [-0.05, 0) is 42.1 Å². The van der Waals surface area contributed by atoms with E-state index >= 15 is 0 Å².